The second-order valence-electron chi connectivity index (χ2n) is 13.2. The van der Waals surface area contributed by atoms with E-state index in [0.29, 0.717) is 23.0 Å². The molecule has 0 aliphatic carbocycles. The first-order valence-corrected chi connectivity index (χ1v) is 19.5. The Kier molecular flexibility index (Phi) is 14.0. The van der Waals surface area contributed by atoms with Crippen LogP contribution in [0.2, 0.25) is 0 Å². The van der Waals surface area contributed by atoms with Crippen molar-refractivity contribution in [1.29, 1.82) is 0 Å². The molecule has 6 rings (SSSR count). The molecule has 2 heterocycles. The standard InChI is InChI=1S/C41H48Br2N4O5/c1-49-37-7-3-5-9-39(37)51-29-35(46-23-19-44(20-24-46)27-31-11-15-33(42)16-12-31)41(48)36(30-52-40-10-6-4-8-38(40)50-2)47-25-21-45(22-26-47)28-32-13-17-34(43)18-14-32/h3-18,35-36H,19-30H2,1-2H3. The molecule has 0 amide bonds. The molecule has 0 spiro atoms. The zero-order chi connectivity index (χ0) is 36.3. The maximum Gasteiger partial charge on any atom is 0.173 e. The minimum atomic E-state index is -0.480. The predicted octanol–water partition coefficient (Wildman–Crippen LogP) is 6.63. The molecule has 0 N–H and O–H groups in total. The lowest BCUT2D eigenvalue weighted by molar-refractivity contribution is -0.133. The van der Waals surface area contributed by atoms with E-state index in [1.54, 1.807) is 14.2 Å². The summed E-state index contributed by atoms with van der Waals surface area (Å²) in [5, 5.41) is 0. The molecule has 2 saturated heterocycles. The number of ether oxygens (including phenoxy) is 4. The lowest BCUT2D eigenvalue weighted by Gasteiger charge is -2.42. The summed E-state index contributed by atoms with van der Waals surface area (Å²) in [5.74, 6) is 2.64. The van der Waals surface area contributed by atoms with Crippen LogP contribution in [-0.4, -0.2) is 117 Å². The SMILES string of the molecule is COc1ccccc1OCC(C(=O)C(COc1ccccc1OC)N1CCN(Cc2ccc(Br)cc2)CC1)N1CCN(Cc2ccc(Br)cc2)CC1. The Morgan fingerprint density at radius 3 is 1.23 bits per heavy atom. The molecule has 4 aromatic rings. The van der Waals surface area contributed by atoms with Crippen molar-refractivity contribution in [2.75, 3.05) is 79.8 Å². The highest BCUT2D eigenvalue weighted by atomic mass is 79.9. The maximum absolute atomic E-state index is 15.1. The van der Waals surface area contributed by atoms with Crippen LogP contribution in [0.25, 0.3) is 0 Å². The van der Waals surface area contributed by atoms with Crippen molar-refractivity contribution < 1.29 is 23.7 Å². The number of benzene rings is 4. The zero-order valence-corrected chi connectivity index (χ0v) is 33.1. The number of carbonyl (C=O) groups excluding carboxylic acids is 1. The average molecular weight is 837 g/mol. The molecule has 0 radical (unpaired) electrons. The molecule has 52 heavy (non-hydrogen) atoms. The van der Waals surface area contributed by atoms with Gasteiger partial charge in [-0.3, -0.25) is 24.4 Å². The van der Waals surface area contributed by atoms with Gasteiger partial charge in [0.1, 0.15) is 25.3 Å². The summed E-state index contributed by atoms with van der Waals surface area (Å²) in [6.45, 7) is 8.59. The molecule has 2 aliphatic rings. The van der Waals surface area contributed by atoms with Crippen molar-refractivity contribution in [3.05, 3.63) is 117 Å². The van der Waals surface area contributed by atoms with Gasteiger partial charge in [0.25, 0.3) is 0 Å². The Hall–Kier alpha value is -3.45. The Bertz CT molecular complexity index is 1590. The van der Waals surface area contributed by atoms with Gasteiger partial charge in [-0.2, -0.15) is 0 Å². The van der Waals surface area contributed by atoms with E-state index in [1.165, 1.54) is 11.1 Å². The zero-order valence-electron chi connectivity index (χ0n) is 30.0. The maximum atomic E-state index is 15.1. The number of halogens is 2. The fraction of sp³-hybridized carbons (Fsp3) is 0.390. The molecule has 9 nitrogen and oxygen atoms in total. The van der Waals surface area contributed by atoms with Crippen LogP contribution in [0.4, 0.5) is 0 Å². The fourth-order valence-electron chi connectivity index (χ4n) is 6.93. The van der Waals surface area contributed by atoms with Crippen LogP contribution in [-0.2, 0) is 17.9 Å². The Morgan fingerprint density at radius 1 is 0.538 bits per heavy atom. The molecule has 2 fully saturated rings. The molecule has 4 aromatic carbocycles. The lowest BCUT2D eigenvalue weighted by Crippen LogP contribution is -2.61. The molecule has 0 bridgehead atoms. The number of hydrogen-bond donors (Lipinski definition) is 0. The first-order chi connectivity index (χ1) is 25.4. The summed E-state index contributed by atoms with van der Waals surface area (Å²) in [6.07, 6.45) is 0. The van der Waals surface area contributed by atoms with Crippen molar-refractivity contribution in [2.45, 2.75) is 25.2 Å². The predicted molar refractivity (Wildman–Crippen MR) is 212 cm³/mol. The van der Waals surface area contributed by atoms with Gasteiger partial charge in [0.2, 0.25) is 0 Å². The summed E-state index contributed by atoms with van der Waals surface area (Å²) >= 11 is 7.09. The van der Waals surface area contributed by atoms with Crippen molar-refractivity contribution in [3.63, 3.8) is 0 Å². The van der Waals surface area contributed by atoms with Crippen molar-refractivity contribution in [3.8, 4) is 23.0 Å². The van der Waals surface area contributed by atoms with E-state index in [0.717, 1.165) is 74.4 Å². The number of para-hydroxylation sites is 4. The highest BCUT2D eigenvalue weighted by Gasteiger charge is 2.38. The molecule has 11 heteroatoms. The third kappa shape index (κ3) is 10.4. The van der Waals surface area contributed by atoms with Crippen LogP contribution in [0.5, 0.6) is 23.0 Å². The number of rotatable bonds is 16. The van der Waals surface area contributed by atoms with Crippen LogP contribution in [0.1, 0.15) is 11.1 Å². The fourth-order valence-corrected chi connectivity index (χ4v) is 7.46. The van der Waals surface area contributed by atoms with Gasteiger partial charge in [-0.25, -0.2) is 0 Å². The monoisotopic (exact) mass is 834 g/mol. The molecule has 276 valence electrons. The summed E-state index contributed by atoms with van der Waals surface area (Å²) in [5.41, 5.74) is 2.55. The third-order valence-corrected chi connectivity index (χ3v) is 11.0. The molecule has 2 atom stereocenters. The largest absolute Gasteiger partial charge is 0.493 e. The van der Waals surface area contributed by atoms with Crippen molar-refractivity contribution in [2.24, 2.45) is 0 Å². The van der Waals surface area contributed by atoms with Gasteiger partial charge >= 0.3 is 0 Å². The number of hydrogen-bond acceptors (Lipinski definition) is 9. The number of ketones is 1. The van der Waals surface area contributed by atoms with Gasteiger partial charge in [0.15, 0.2) is 28.8 Å². The van der Waals surface area contributed by atoms with Gasteiger partial charge < -0.3 is 18.9 Å². The summed E-state index contributed by atoms with van der Waals surface area (Å²) < 4.78 is 26.2. The third-order valence-electron chi connectivity index (χ3n) is 9.92. The summed E-state index contributed by atoms with van der Waals surface area (Å²) in [7, 11) is 3.27. The van der Waals surface area contributed by atoms with Gasteiger partial charge in [-0.1, -0.05) is 80.4 Å². The quantitative estimate of drug-likeness (QED) is 0.124. The number of Topliss-reactive ketones (excluding diaryl/α,β-unsaturated/α-hetero) is 1. The molecule has 2 aliphatic heterocycles. The molecule has 2 unspecified atom stereocenters. The Labute approximate surface area is 324 Å². The van der Waals surface area contributed by atoms with Gasteiger partial charge in [-0.15, -0.1) is 0 Å². The van der Waals surface area contributed by atoms with Crippen LogP contribution >= 0.6 is 31.9 Å². The second-order valence-corrected chi connectivity index (χ2v) is 15.1. The van der Waals surface area contributed by atoms with Crippen LogP contribution in [0.3, 0.4) is 0 Å². The number of nitrogens with zero attached hydrogens (tertiary/aromatic N) is 4. The van der Waals surface area contributed by atoms with Crippen LogP contribution in [0.15, 0.2) is 106 Å². The molecule has 0 saturated carbocycles. The van der Waals surface area contributed by atoms with Crippen LogP contribution in [0, 0.1) is 0 Å². The first kappa shape index (κ1) is 38.3. The van der Waals surface area contributed by atoms with E-state index < -0.39 is 12.1 Å². The van der Waals surface area contributed by atoms with Crippen molar-refractivity contribution >= 4 is 37.6 Å². The van der Waals surface area contributed by atoms with Gasteiger partial charge in [0, 0.05) is 74.4 Å². The number of methoxy groups -OCH3 is 2. The molecule has 0 aromatic heterocycles. The summed E-state index contributed by atoms with van der Waals surface area (Å²) in [4.78, 5) is 24.6. The number of carbonyl (C=O) groups is 1. The smallest absolute Gasteiger partial charge is 0.173 e. The first-order valence-electron chi connectivity index (χ1n) is 17.9. The molecular weight excluding hydrogens is 788 g/mol. The Balaban J connectivity index is 1.20. The van der Waals surface area contributed by atoms with Gasteiger partial charge in [-0.05, 0) is 59.7 Å². The second kappa shape index (κ2) is 19.0. The highest BCUT2D eigenvalue weighted by molar-refractivity contribution is 9.10. The lowest BCUT2D eigenvalue weighted by atomic mass is 10.0. The Morgan fingerprint density at radius 2 is 0.885 bits per heavy atom. The van der Waals surface area contributed by atoms with E-state index in [4.69, 9.17) is 18.9 Å². The highest BCUT2D eigenvalue weighted by Crippen LogP contribution is 2.29. The van der Waals surface area contributed by atoms with E-state index in [9.17, 15) is 0 Å². The van der Waals surface area contributed by atoms with Gasteiger partial charge in [0.05, 0.1) is 14.2 Å². The number of piperazine rings is 2. The minimum absolute atomic E-state index is 0.104. The van der Waals surface area contributed by atoms with E-state index >= 15 is 4.79 Å². The normalized spacial score (nSPS) is 17.3. The topological polar surface area (TPSA) is 67.0 Å². The van der Waals surface area contributed by atoms with Crippen LogP contribution < -0.4 is 18.9 Å². The molecular formula is C41H48Br2N4O5. The minimum Gasteiger partial charge on any atom is -0.493 e. The van der Waals surface area contributed by atoms with E-state index in [2.05, 4.69) is 100.0 Å². The average Bonchev–Trinajstić information content (AvgIpc) is 3.18. The van der Waals surface area contributed by atoms with Crippen molar-refractivity contribution in [1.82, 2.24) is 19.6 Å². The summed E-state index contributed by atoms with van der Waals surface area (Å²) in [6, 6.07) is 31.3. The van der Waals surface area contributed by atoms with E-state index in [-0.39, 0.29) is 19.0 Å². The van der Waals surface area contributed by atoms with E-state index in [1.807, 2.05) is 48.5 Å².